The first-order chi connectivity index (χ1) is 14.5. The molecular weight excluding hydrogens is 420 g/mol. The predicted octanol–water partition coefficient (Wildman–Crippen LogP) is 3.55. The van der Waals surface area contributed by atoms with Crippen molar-refractivity contribution in [1.82, 2.24) is 4.98 Å². The van der Waals surface area contributed by atoms with Gasteiger partial charge in [-0.2, -0.15) is 0 Å². The van der Waals surface area contributed by atoms with Crippen LogP contribution in [0.5, 0.6) is 5.75 Å². The molecule has 0 bridgehead atoms. The number of ether oxygens (including phenoxy) is 1. The molecule has 152 valence electrons. The lowest BCUT2D eigenvalue weighted by atomic mass is 9.83. The first-order valence-electron chi connectivity index (χ1n) is 9.46. The number of aromatic amines is 1. The van der Waals surface area contributed by atoms with Crippen LogP contribution in [0.1, 0.15) is 21.9 Å². The number of hydrogen-bond donors (Lipinski definition) is 1. The number of anilines is 1. The lowest BCUT2D eigenvalue weighted by Crippen LogP contribution is -2.32. The third-order valence-electron chi connectivity index (χ3n) is 5.59. The van der Waals surface area contributed by atoms with E-state index in [1.54, 1.807) is 19.2 Å². The number of aryl methyl sites for hydroxylation is 1. The van der Waals surface area contributed by atoms with Crippen LogP contribution >= 0.6 is 23.1 Å². The summed E-state index contributed by atoms with van der Waals surface area (Å²) in [6.07, 6.45) is 0. The topological polar surface area (TPSA) is 79.5 Å². The van der Waals surface area contributed by atoms with E-state index in [1.165, 1.54) is 16.7 Å². The van der Waals surface area contributed by atoms with Gasteiger partial charge in [0.2, 0.25) is 11.8 Å². The Morgan fingerprint density at radius 2 is 1.67 bits per heavy atom. The zero-order valence-corrected chi connectivity index (χ0v) is 17.9. The normalized spacial score (nSPS) is 22.7. The summed E-state index contributed by atoms with van der Waals surface area (Å²) >= 11 is 2.40. The number of thiazole rings is 1. The summed E-state index contributed by atoms with van der Waals surface area (Å²) in [4.78, 5) is 43.7. The number of H-pyrrole nitrogens is 1. The monoisotopic (exact) mass is 438 g/mol. The summed E-state index contributed by atoms with van der Waals surface area (Å²) in [5.41, 5.74) is 2.52. The molecule has 30 heavy (non-hydrogen) atoms. The Bertz CT molecular complexity index is 1200. The molecule has 0 unspecified atom stereocenters. The van der Waals surface area contributed by atoms with Gasteiger partial charge in [-0.15, -0.1) is 0 Å². The third kappa shape index (κ3) is 2.90. The van der Waals surface area contributed by atoms with Crippen LogP contribution in [0.3, 0.4) is 0 Å². The number of amides is 2. The largest absolute Gasteiger partial charge is 0.497 e. The van der Waals surface area contributed by atoms with Crippen LogP contribution in [0, 0.1) is 12.8 Å². The maximum atomic E-state index is 13.5. The van der Waals surface area contributed by atoms with E-state index in [0.717, 1.165) is 27.3 Å². The summed E-state index contributed by atoms with van der Waals surface area (Å²) < 4.78 is 5.25. The van der Waals surface area contributed by atoms with Gasteiger partial charge in [0, 0.05) is 10.8 Å². The standard InChI is InChI=1S/C22H18N2O4S2/c1-11-3-7-13(8-4-11)24-20(25)16-15(12-5-9-14(28-2)10-6-12)17-19(23-22(27)30-17)29-18(16)21(24)26/h3-10,15-16,18H,1-2H3,(H,23,27)/t15-,16+,18+/m0/s1. The maximum Gasteiger partial charge on any atom is 0.305 e. The van der Waals surface area contributed by atoms with E-state index in [2.05, 4.69) is 4.98 Å². The highest BCUT2D eigenvalue weighted by Gasteiger charge is 2.56. The van der Waals surface area contributed by atoms with Crippen molar-refractivity contribution in [2.24, 2.45) is 5.92 Å². The van der Waals surface area contributed by atoms with E-state index < -0.39 is 11.2 Å². The summed E-state index contributed by atoms with van der Waals surface area (Å²) in [5, 5.41) is 0.0997. The van der Waals surface area contributed by atoms with Gasteiger partial charge < -0.3 is 9.72 Å². The van der Waals surface area contributed by atoms with Crippen molar-refractivity contribution < 1.29 is 14.3 Å². The average molecular weight is 439 g/mol. The van der Waals surface area contributed by atoms with Crippen molar-refractivity contribution >= 4 is 40.6 Å². The SMILES string of the molecule is COc1ccc([C@@H]2c3sc(=O)[nH]c3S[C@H]3C(=O)N(c4ccc(C)cc4)C(=O)[C@H]23)cc1. The van der Waals surface area contributed by atoms with Crippen LogP contribution in [0.2, 0.25) is 0 Å². The van der Waals surface area contributed by atoms with Gasteiger partial charge in [-0.3, -0.25) is 14.4 Å². The van der Waals surface area contributed by atoms with Crippen LogP contribution in [-0.4, -0.2) is 29.2 Å². The molecule has 1 aromatic heterocycles. The molecule has 0 aliphatic carbocycles. The van der Waals surface area contributed by atoms with Crippen molar-refractivity contribution in [3.63, 3.8) is 0 Å². The first kappa shape index (κ1) is 19.1. The lowest BCUT2D eigenvalue weighted by molar-refractivity contribution is -0.122. The summed E-state index contributed by atoms with van der Waals surface area (Å²) in [6.45, 7) is 1.96. The minimum atomic E-state index is -0.580. The molecule has 0 radical (unpaired) electrons. The van der Waals surface area contributed by atoms with E-state index in [-0.39, 0.29) is 22.6 Å². The van der Waals surface area contributed by atoms with Crippen LogP contribution in [-0.2, 0) is 9.59 Å². The highest BCUT2D eigenvalue weighted by atomic mass is 32.2. The molecule has 2 amide bonds. The molecule has 2 aromatic carbocycles. The minimum Gasteiger partial charge on any atom is -0.497 e. The molecule has 0 spiro atoms. The van der Waals surface area contributed by atoms with Crippen LogP contribution < -0.4 is 14.5 Å². The van der Waals surface area contributed by atoms with Gasteiger partial charge in [-0.25, -0.2) is 4.90 Å². The van der Waals surface area contributed by atoms with Crippen molar-refractivity contribution in [1.29, 1.82) is 0 Å². The highest BCUT2D eigenvalue weighted by Crippen LogP contribution is 2.53. The van der Waals surface area contributed by atoms with Crippen molar-refractivity contribution in [2.75, 3.05) is 12.0 Å². The predicted molar refractivity (Wildman–Crippen MR) is 117 cm³/mol. The number of carbonyl (C=O) groups excluding carboxylic acids is 2. The number of nitrogens with zero attached hydrogens (tertiary/aromatic N) is 1. The second-order valence-electron chi connectivity index (χ2n) is 7.37. The number of hydrogen-bond acceptors (Lipinski definition) is 6. The molecule has 3 heterocycles. The summed E-state index contributed by atoms with van der Waals surface area (Å²) in [5.74, 6) is -0.703. The Morgan fingerprint density at radius 1 is 0.967 bits per heavy atom. The number of methoxy groups -OCH3 is 1. The average Bonchev–Trinajstić information content (AvgIpc) is 3.24. The number of thioether (sulfide) groups is 1. The van der Waals surface area contributed by atoms with Crippen molar-refractivity contribution in [2.45, 2.75) is 23.1 Å². The Labute approximate surface area is 180 Å². The van der Waals surface area contributed by atoms with E-state index in [9.17, 15) is 14.4 Å². The number of imide groups is 1. The van der Waals surface area contributed by atoms with Crippen molar-refractivity contribution in [3.8, 4) is 5.75 Å². The van der Waals surface area contributed by atoms with Crippen LogP contribution in [0.4, 0.5) is 5.69 Å². The van der Waals surface area contributed by atoms with E-state index in [1.807, 2.05) is 43.3 Å². The van der Waals surface area contributed by atoms with Gasteiger partial charge in [-0.1, -0.05) is 52.9 Å². The number of nitrogens with one attached hydrogen (secondary N) is 1. The molecule has 5 rings (SSSR count). The van der Waals surface area contributed by atoms with Gasteiger partial charge in [0.05, 0.1) is 23.7 Å². The second kappa shape index (κ2) is 7.14. The third-order valence-corrected chi connectivity index (χ3v) is 7.99. The molecule has 6 nitrogen and oxygen atoms in total. The number of benzene rings is 2. The number of aromatic nitrogens is 1. The first-order valence-corrected chi connectivity index (χ1v) is 11.2. The summed E-state index contributed by atoms with van der Waals surface area (Å²) in [7, 11) is 1.59. The Balaban J connectivity index is 1.63. The zero-order chi connectivity index (χ0) is 21.0. The molecule has 0 saturated carbocycles. The quantitative estimate of drug-likeness (QED) is 0.633. The zero-order valence-electron chi connectivity index (χ0n) is 16.2. The molecular formula is C22H18N2O4S2. The van der Waals surface area contributed by atoms with Gasteiger partial charge in [0.25, 0.3) is 0 Å². The Morgan fingerprint density at radius 3 is 2.33 bits per heavy atom. The smallest absolute Gasteiger partial charge is 0.305 e. The summed E-state index contributed by atoms with van der Waals surface area (Å²) in [6, 6.07) is 14.8. The van der Waals surface area contributed by atoms with Crippen LogP contribution in [0.15, 0.2) is 58.4 Å². The molecule has 3 atom stereocenters. The van der Waals surface area contributed by atoms with Crippen molar-refractivity contribution in [3.05, 3.63) is 74.2 Å². The van der Waals surface area contributed by atoms with Gasteiger partial charge in [0.15, 0.2) is 0 Å². The molecule has 3 aromatic rings. The number of rotatable bonds is 3. The van der Waals surface area contributed by atoms with Crippen LogP contribution in [0.25, 0.3) is 0 Å². The lowest BCUT2D eigenvalue weighted by Gasteiger charge is -2.29. The number of fused-ring (bicyclic) bond motifs is 2. The minimum absolute atomic E-state index is 0.179. The maximum absolute atomic E-state index is 13.5. The van der Waals surface area contributed by atoms with E-state index >= 15 is 0 Å². The molecule has 1 fully saturated rings. The second-order valence-corrected chi connectivity index (χ2v) is 9.54. The van der Waals surface area contributed by atoms with E-state index in [4.69, 9.17) is 4.74 Å². The fourth-order valence-corrected chi connectivity index (χ4v) is 6.65. The van der Waals surface area contributed by atoms with Gasteiger partial charge in [-0.05, 0) is 36.8 Å². The van der Waals surface area contributed by atoms with E-state index in [0.29, 0.717) is 16.5 Å². The number of carbonyl (C=O) groups is 2. The molecule has 8 heteroatoms. The molecule has 1 saturated heterocycles. The fourth-order valence-electron chi connectivity index (χ4n) is 4.14. The van der Waals surface area contributed by atoms with Gasteiger partial charge >= 0.3 is 4.87 Å². The fraction of sp³-hybridized carbons (Fsp3) is 0.227. The molecule has 2 aliphatic heterocycles. The highest BCUT2D eigenvalue weighted by molar-refractivity contribution is 8.00. The molecule has 1 N–H and O–H groups in total. The molecule has 2 aliphatic rings. The Kier molecular flexibility index (Phi) is 4.56. The Hall–Kier alpha value is -2.84. The van der Waals surface area contributed by atoms with Gasteiger partial charge in [0.1, 0.15) is 11.0 Å².